The number of aliphatic hydroxyl groups is 1. The molecule has 1 aromatic heterocycles. The average Bonchev–Trinajstić information content (AvgIpc) is 3.00. The third-order valence-electron chi connectivity index (χ3n) is 3.32. The SMILES string of the molecule is CC(C)[C@H](CO)NC(=O)c1cc(COc2ccccc2)[nH]n1. The molecule has 0 saturated carbocycles. The summed E-state index contributed by atoms with van der Waals surface area (Å²) in [4.78, 5) is 12.1. The van der Waals surface area contributed by atoms with E-state index in [1.54, 1.807) is 6.07 Å². The number of benzene rings is 1. The summed E-state index contributed by atoms with van der Waals surface area (Å²) in [5, 5.41) is 18.8. The topological polar surface area (TPSA) is 87.2 Å². The number of aromatic nitrogens is 2. The van der Waals surface area contributed by atoms with Crippen LogP contribution in [0.15, 0.2) is 36.4 Å². The second-order valence-corrected chi connectivity index (χ2v) is 5.39. The first kappa shape index (κ1) is 16.0. The van der Waals surface area contributed by atoms with E-state index < -0.39 is 0 Å². The minimum absolute atomic E-state index is 0.0994. The highest BCUT2D eigenvalue weighted by Crippen LogP contribution is 2.11. The summed E-state index contributed by atoms with van der Waals surface area (Å²) < 4.78 is 5.58. The zero-order valence-electron chi connectivity index (χ0n) is 12.7. The number of nitrogens with zero attached hydrogens (tertiary/aromatic N) is 1. The summed E-state index contributed by atoms with van der Waals surface area (Å²) in [7, 11) is 0. The fourth-order valence-corrected chi connectivity index (χ4v) is 1.90. The highest BCUT2D eigenvalue weighted by molar-refractivity contribution is 5.92. The van der Waals surface area contributed by atoms with Crippen molar-refractivity contribution in [1.29, 1.82) is 0 Å². The van der Waals surface area contributed by atoms with Crippen LogP contribution in [0.25, 0.3) is 0 Å². The number of H-pyrrole nitrogens is 1. The number of amides is 1. The maximum Gasteiger partial charge on any atom is 0.272 e. The Kier molecular flexibility index (Phi) is 5.55. The van der Waals surface area contributed by atoms with Gasteiger partial charge < -0.3 is 15.2 Å². The minimum atomic E-state index is -0.310. The molecule has 2 rings (SSSR count). The second-order valence-electron chi connectivity index (χ2n) is 5.39. The Morgan fingerprint density at radius 1 is 1.36 bits per heavy atom. The molecule has 0 radical (unpaired) electrons. The first-order valence-corrected chi connectivity index (χ1v) is 7.24. The molecular formula is C16H21N3O3. The summed E-state index contributed by atoms with van der Waals surface area (Å²) in [5.74, 6) is 0.590. The van der Waals surface area contributed by atoms with Crippen LogP contribution >= 0.6 is 0 Å². The molecule has 0 aliphatic carbocycles. The fourth-order valence-electron chi connectivity index (χ4n) is 1.90. The molecule has 1 aromatic carbocycles. The van der Waals surface area contributed by atoms with Crippen molar-refractivity contribution in [2.45, 2.75) is 26.5 Å². The number of rotatable bonds is 7. The van der Waals surface area contributed by atoms with Gasteiger partial charge in [0.05, 0.1) is 18.3 Å². The summed E-state index contributed by atoms with van der Waals surface area (Å²) in [6, 6.07) is 10.8. The normalized spacial score (nSPS) is 12.2. The van der Waals surface area contributed by atoms with Crippen LogP contribution in [0.1, 0.15) is 30.0 Å². The van der Waals surface area contributed by atoms with Crippen LogP contribution in [0.2, 0.25) is 0 Å². The predicted molar refractivity (Wildman–Crippen MR) is 82.5 cm³/mol. The van der Waals surface area contributed by atoms with Gasteiger partial charge in [-0.1, -0.05) is 32.0 Å². The monoisotopic (exact) mass is 303 g/mol. The van der Waals surface area contributed by atoms with Gasteiger partial charge in [-0.3, -0.25) is 9.89 Å². The molecule has 6 heteroatoms. The van der Waals surface area contributed by atoms with Crippen LogP contribution in [0, 0.1) is 5.92 Å². The molecule has 0 spiro atoms. The van der Waals surface area contributed by atoms with Crippen molar-refractivity contribution in [3.8, 4) is 5.75 Å². The van der Waals surface area contributed by atoms with Gasteiger partial charge in [0.15, 0.2) is 0 Å². The Morgan fingerprint density at radius 3 is 2.73 bits per heavy atom. The van der Waals surface area contributed by atoms with E-state index in [1.165, 1.54) is 0 Å². The van der Waals surface area contributed by atoms with E-state index in [4.69, 9.17) is 4.74 Å². The van der Waals surface area contributed by atoms with Gasteiger partial charge in [-0.2, -0.15) is 5.10 Å². The lowest BCUT2D eigenvalue weighted by Gasteiger charge is -2.18. The van der Waals surface area contributed by atoms with E-state index in [0.29, 0.717) is 12.3 Å². The molecule has 0 saturated heterocycles. The number of carbonyl (C=O) groups is 1. The van der Waals surface area contributed by atoms with Crippen molar-refractivity contribution >= 4 is 5.91 Å². The zero-order chi connectivity index (χ0) is 15.9. The van der Waals surface area contributed by atoms with Gasteiger partial charge in [-0.05, 0) is 24.1 Å². The van der Waals surface area contributed by atoms with Crippen molar-refractivity contribution in [2.24, 2.45) is 5.92 Å². The summed E-state index contributed by atoms with van der Waals surface area (Å²) in [5.41, 5.74) is 0.991. The van der Waals surface area contributed by atoms with Crippen LogP contribution in [0.3, 0.4) is 0 Å². The van der Waals surface area contributed by atoms with E-state index in [0.717, 1.165) is 5.75 Å². The smallest absolute Gasteiger partial charge is 0.272 e. The van der Waals surface area contributed by atoms with E-state index in [1.807, 2.05) is 44.2 Å². The molecule has 6 nitrogen and oxygen atoms in total. The Bertz CT molecular complexity index is 596. The molecular weight excluding hydrogens is 282 g/mol. The van der Waals surface area contributed by atoms with Gasteiger partial charge in [-0.15, -0.1) is 0 Å². The van der Waals surface area contributed by atoms with E-state index in [2.05, 4.69) is 15.5 Å². The lowest BCUT2D eigenvalue weighted by molar-refractivity contribution is 0.0891. The highest BCUT2D eigenvalue weighted by Gasteiger charge is 2.18. The van der Waals surface area contributed by atoms with Gasteiger partial charge in [0.1, 0.15) is 18.1 Å². The maximum atomic E-state index is 12.1. The molecule has 2 aromatic rings. The minimum Gasteiger partial charge on any atom is -0.487 e. The maximum absolute atomic E-state index is 12.1. The largest absolute Gasteiger partial charge is 0.487 e. The number of aromatic amines is 1. The van der Waals surface area contributed by atoms with Crippen molar-refractivity contribution in [1.82, 2.24) is 15.5 Å². The van der Waals surface area contributed by atoms with Crippen LogP contribution < -0.4 is 10.1 Å². The second kappa shape index (κ2) is 7.61. The zero-order valence-corrected chi connectivity index (χ0v) is 12.7. The molecule has 1 heterocycles. The molecule has 22 heavy (non-hydrogen) atoms. The predicted octanol–water partition coefficient (Wildman–Crippen LogP) is 1.74. The van der Waals surface area contributed by atoms with Gasteiger partial charge in [0.25, 0.3) is 5.91 Å². The van der Waals surface area contributed by atoms with Crippen molar-refractivity contribution < 1.29 is 14.6 Å². The van der Waals surface area contributed by atoms with E-state index >= 15 is 0 Å². The van der Waals surface area contributed by atoms with Crippen LogP contribution in [0.4, 0.5) is 0 Å². The van der Waals surface area contributed by atoms with Crippen LogP contribution in [-0.2, 0) is 6.61 Å². The molecule has 118 valence electrons. The standard InChI is InChI=1S/C16H21N3O3/c1-11(2)15(9-20)17-16(21)14-8-12(18-19-14)10-22-13-6-4-3-5-7-13/h3-8,11,15,20H,9-10H2,1-2H3,(H,17,21)(H,18,19)/t15-/m0/s1. The third-order valence-corrected chi connectivity index (χ3v) is 3.32. The number of hydrogen-bond donors (Lipinski definition) is 3. The molecule has 0 fully saturated rings. The van der Waals surface area contributed by atoms with E-state index in [9.17, 15) is 9.90 Å². The number of para-hydroxylation sites is 1. The number of hydrogen-bond acceptors (Lipinski definition) is 4. The summed E-state index contributed by atoms with van der Waals surface area (Å²) in [6.07, 6.45) is 0. The summed E-state index contributed by atoms with van der Waals surface area (Å²) in [6.45, 7) is 4.07. The molecule has 0 unspecified atom stereocenters. The van der Waals surface area contributed by atoms with Crippen molar-refractivity contribution in [3.05, 3.63) is 47.8 Å². The lowest BCUT2D eigenvalue weighted by Crippen LogP contribution is -2.41. The Labute approximate surface area is 129 Å². The molecule has 3 N–H and O–H groups in total. The third kappa shape index (κ3) is 4.33. The quantitative estimate of drug-likeness (QED) is 0.727. The molecule has 1 atom stereocenters. The van der Waals surface area contributed by atoms with Gasteiger partial charge in [0.2, 0.25) is 0 Å². The lowest BCUT2D eigenvalue weighted by atomic mass is 10.1. The van der Waals surface area contributed by atoms with Crippen molar-refractivity contribution in [2.75, 3.05) is 6.61 Å². The number of carbonyl (C=O) groups excluding carboxylic acids is 1. The first-order chi connectivity index (χ1) is 10.6. The Hall–Kier alpha value is -2.34. The van der Waals surface area contributed by atoms with Crippen molar-refractivity contribution in [3.63, 3.8) is 0 Å². The summed E-state index contributed by atoms with van der Waals surface area (Å²) >= 11 is 0. The van der Waals surface area contributed by atoms with Crippen LogP contribution in [-0.4, -0.2) is 33.9 Å². The molecule has 0 aliphatic rings. The average molecular weight is 303 g/mol. The highest BCUT2D eigenvalue weighted by atomic mass is 16.5. The Balaban J connectivity index is 1.92. The van der Waals surface area contributed by atoms with Gasteiger partial charge in [-0.25, -0.2) is 0 Å². The first-order valence-electron chi connectivity index (χ1n) is 7.24. The fraction of sp³-hybridized carbons (Fsp3) is 0.375. The number of nitrogens with one attached hydrogen (secondary N) is 2. The molecule has 1 amide bonds. The molecule has 0 bridgehead atoms. The van der Waals surface area contributed by atoms with E-state index in [-0.39, 0.29) is 30.2 Å². The number of ether oxygens (including phenoxy) is 1. The van der Waals surface area contributed by atoms with Crippen LogP contribution in [0.5, 0.6) is 5.75 Å². The van der Waals surface area contributed by atoms with Gasteiger partial charge in [0, 0.05) is 0 Å². The Morgan fingerprint density at radius 2 is 2.09 bits per heavy atom. The number of aliphatic hydroxyl groups excluding tert-OH is 1. The molecule has 0 aliphatic heterocycles. The van der Waals surface area contributed by atoms with Gasteiger partial charge >= 0.3 is 0 Å².